The average molecular weight is 196 g/mol. The van der Waals surface area contributed by atoms with Crippen LogP contribution >= 0.6 is 0 Å². The summed E-state index contributed by atoms with van der Waals surface area (Å²) in [5.74, 6) is 2.83. The smallest absolute Gasteiger partial charge is 0.00340 e. The van der Waals surface area contributed by atoms with Crippen LogP contribution in [-0.4, -0.2) is 37.6 Å². The fourth-order valence-corrected chi connectivity index (χ4v) is 2.64. The number of nitrogens with one attached hydrogen (secondary N) is 1. The first-order chi connectivity index (χ1) is 6.75. The highest BCUT2D eigenvalue weighted by Gasteiger charge is 2.25. The van der Waals surface area contributed by atoms with Crippen molar-refractivity contribution in [2.45, 2.75) is 26.7 Å². The summed E-state index contributed by atoms with van der Waals surface area (Å²) < 4.78 is 0. The molecule has 2 aliphatic heterocycles. The Bertz CT molecular complexity index is 167. The molecule has 2 heteroatoms. The van der Waals surface area contributed by atoms with Gasteiger partial charge in [0.2, 0.25) is 0 Å². The van der Waals surface area contributed by atoms with Gasteiger partial charge in [-0.3, -0.25) is 0 Å². The Morgan fingerprint density at radius 2 is 1.86 bits per heavy atom. The van der Waals surface area contributed by atoms with Crippen LogP contribution in [0.4, 0.5) is 0 Å². The molecule has 0 aromatic heterocycles. The first-order valence-electron chi connectivity index (χ1n) is 6.19. The Kier molecular flexibility index (Phi) is 3.45. The van der Waals surface area contributed by atoms with E-state index in [0.29, 0.717) is 0 Å². The van der Waals surface area contributed by atoms with Crippen LogP contribution < -0.4 is 5.32 Å². The van der Waals surface area contributed by atoms with Crippen LogP contribution in [0, 0.1) is 17.8 Å². The summed E-state index contributed by atoms with van der Waals surface area (Å²) >= 11 is 0. The predicted molar refractivity (Wildman–Crippen MR) is 60.4 cm³/mol. The van der Waals surface area contributed by atoms with Gasteiger partial charge in [0, 0.05) is 19.6 Å². The Morgan fingerprint density at radius 1 is 1.21 bits per heavy atom. The molecule has 0 amide bonds. The van der Waals surface area contributed by atoms with E-state index in [0.717, 1.165) is 17.8 Å². The molecular formula is C12H24N2. The molecule has 0 radical (unpaired) electrons. The van der Waals surface area contributed by atoms with Gasteiger partial charge in [-0.15, -0.1) is 0 Å². The molecule has 2 nitrogen and oxygen atoms in total. The molecule has 2 aliphatic rings. The predicted octanol–water partition coefficient (Wildman–Crippen LogP) is 1.57. The molecule has 0 aliphatic carbocycles. The topological polar surface area (TPSA) is 15.3 Å². The molecule has 0 saturated carbocycles. The van der Waals surface area contributed by atoms with E-state index >= 15 is 0 Å². The molecule has 2 heterocycles. The molecule has 0 spiro atoms. The maximum atomic E-state index is 3.35. The van der Waals surface area contributed by atoms with Crippen molar-refractivity contribution in [2.75, 3.05) is 32.7 Å². The number of hydrogen-bond acceptors (Lipinski definition) is 2. The van der Waals surface area contributed by atoms with E-state index in [1.165, 1.54) is 45.6 Å². The second-order valence-corrected chi connectivity index (χ2v) is 5.41. The molecule has 2 saturated heterocycles. The molecule has 1 N–H and O–H groups in total. The lowest BCUT2D eigenvalue weighted by atomic mass is 9.86. The van der Waals surface area contributed by atoms with Gasteiger partial charge in [-0.05, 0) is 43.7 Å². The number of nitrogens with zero attached hydrogens (tertiary/aromatic N) is 1. The Balaban J connectivity index is 1.67. The first-order valence-corrected chi connectivity index (χ1v) is 6.19. The lowest BCUT2D eigenvalue weighted by molar-refractivity contribution is 0.124. The van der Waals surface area contributed by atoms with Crippen LogP contribution in [0.3, 0.4) is 0 Å². The molecule has 82 valence electrons. The van der Waals surface area contributed by atoms with E-state index in [1.54, 1.807) is 0 Å². The first kappa shape index (κ1) is 10.4. The fourth-order valence-electron chi connectivity index (χ4n) is 2.64. The highest BCUT2D eigenvalue weighted by molar-refractivity contribution is 4.81. The summed E-state index contributed by atoms with van der Waals surface area (Å²) in [6, 6.07) is 0. The third kappa shape index (κ3) is 2.48. The van der Waals surface area contributed by atoms with Crippen molar-refractivity contribution in [2.24, 2.45) is 17.8 Å². The van der Waals surface area contributed by atoms with E-state index in [4.69, 9.17) is 0 Å². The van der Waals surface area contributed by atoms with Crippen LogP contribution in [0.2, 0.25) is 0 Å². The number of rotatable bonds is 3. The van der Waals surface area contributed by atoms with E-state index in [2.05, 4.69) is 24.1 Å². The second kappa shape index (κ2) is 4.63. The molecule has 2 fully saturated rings. The molecule has 0 aromatic carbocycles. The number of piperidine rings is 1. The van der Waals surface area contributed by atoms with E-state index < -0.39 is 0 Å². The van der Waals surface area contributed by atoms with Crippen LogP contribution in [0.25, 0.3) is 0 Å². The van der Waals surface area contributed by atoms with Gasteiger partial charge in [-0.25, -0.2) is 0 Å². The van der Waals surface area contributed by atoms with Gasteiger partial charge in [0.15, 0.2) is 0 Å². The van der Waals surface area contributed by atoms with Crippen LogP contribution in [0.5, 0.6) is 0 Å². The highest BCUT2D eigenvalue weighted by atomic mass is 15.1. The average Bonchev–Trinajstić information content (AvgIpc) is 2.12. The monoisotopic (exact) mass is 196 g/mol. The summed E-state index contributed by atoms with van der Waals surface area (Å²) in [5, 5.41) is 3.35. The van der Waals surface area contributed by atoms with Gasteiger partial charge >= 0.3 is 0 Å². The molecule has 0 bridgehead atoms. The third-order valence-electron chi connectivity index (χ3n) is 3.96. The van der Waals surface area contributed by atoms with Crippen LogP contribution in [0.1, 0.15) is 26.7 Å². The van der Waals surface area contributed by atoms with Gasteiger partial charge in [-0.1, -0.05) is 13.8 Å². The second-order valence-electron chi connectivity index (χ2n) is 5.41. The molecule has 0 unspecified atom stereocenters. The maximum Gasteiger partial charge on any atom is 0.00340 e. The third-order valence-corrected chi connectivity index (χ3v) is 3.96. The van der Waals surface area contributed by atoms with Crippen molar-refractivity contribution >= 4 is 0 Å². The number of hydrogen-bond donors (Lipinski definition) is 1. The minimum Gasteiger partial charge on any atom is -0.316 e. The minimum atomic E-state index is 0.891. The number of likely N-dealkylation sites (tertiary alicyclic amines) is 1. The zero-order chi connectivity index (χ0) is 9.97. The Labute approximate surface area is 88.1 Å². The zero-order valence-electron chi connectivity index (χ0n) is 9.63. The Morgan fingerprint density at radius 3 is 2.29 bits per heavy atom. The summed E-state index contributed by atoms with van der Waals surface area (Å²) in [6.07, 6.45) is 2.86. The molecule has 2 rings (SSSR count). The van der Waals surface area contributed by atoms with E-state index in [9.17, 15) is 0 Å². The molecule has 0 aromatic rings. The molecule has 14 heavy (non-hydrogen) atoms. The van der Waals surface area contributed by atoms with E-state index in [1.807, 2.05) is 0 Å². The van der Waals surface area contributed by atoms with Crippen LogP contribution in [0.15, 0.2) is 0 Å². The van der Waals surface area contributed by atoms with Crippen molar-refractivity contribution in [3.05, 3.63) is 0 Å². The standard InChI is InChI=1S/C12H24N2/c1-10(2)12-3-5-14(6-4-12)9-11-7-13-8-11/h10-13H,3-9H2,1-2H3. The van der Waals surface area contributed by atoms with Crippen molar-refractivity contribution < 1.29 is 0 Å². The lowest BCUT2D eigenvalue weighted by Crippen LogP contribution is -2.49. The van der Waals surface area contributed by atoms with Crippen molar-refractivity contribution in [3.63, 3.8) is 0 Å². The normalized spacial score (nSPS) is 26.8. The quantitative estimate of drug-likeness (QED) is 0.737. The van der Waals surface area contributed by atoms with Gasteiger partial charge in [-0.2, -0.15) is 0 Å². The minimum absolute atomic E-state index is 0.891. The van der Waals surface area contributed by atoms with Gasteiger partial charge in [0.1, 0.15) is 0 Å². The zero-order valence-corrected chi connectivity index (χ0v) is 9.63. The van der Waals surface area contributed by atoms with Crippen LogP contribution in [-0.2, 0) is 0 Å². The highest BCUT2D eigenvalue weighted by Crippen LogP contribution is 2.24. The fraction of sp³-hybridized carbons (Fsp3) is 1.00. The van der Waals surface area contributed by atoms with Crippen molar-refractivity contribution in [3.8, 4) is 0 Å². The molecular weight excluding hydrogens is 172 g/mol. The molecule has 0 atom stereocenters. The van der Waals surface area contributed by atoms with Gasteiger partial charge < -0.3 is 10.2 Å². The lowest BCUT2D eigenvalue weighted by Gasteiger charge is -2.38. The summed E-state index contributed by atoms with van der Waals surface area (Å²) in [6.45, 7) is 11.3. The maximum absolute atomic E-state index is 3.35. The Hall–Kier alpha value is -0.0800. The van der Waals surface area contributed by atoms with Crippen molar-refractivity contribution in [1.29, 1.82) is 0 Å². The summed E-state index contributed by atoms with van der Waals surface area (Å²) in [7, 11) is 0. The summed E-state index contributed by atoms with van der Waals surface area (Å²) in [4.78, 5) is 2.67. The van der Waals surface area contributed by atoms with E-state index in [-0.39, 0.29) is 0 Å². The van der Waals surface area contributed by atoms with Gasteiger partial charge in [0.25, 0.3) is 0 Å². The van der Waals surface area contributed by atoms with Gasteiger partial charge in [0.05, 0.1) is 0 Å². The van der Waals surface area contributed by atoms with Crippen molar-refractivity contribution in [1.82, 2.24) is 10.2 Å². The largest absolute Gasteiger partial charge is 0.316 e. The SMILES string of the molecule is CC(C)C1CCN(CC2CNC2)CC1. The summed E-state index contributed by atoms with van der Waals surface area (Å²) in [5.41, 5.74) is 0.